The van der Waals surface area contributed by atoms with E-state index < -0.39 is 17.9 Å². The summed E-state index contributed by atoms with van der Waals surface area (Å²) >= 11 is 4.75. The molecule has 0 radical (unpaired) electrons. The highest BCUT2D eigenvalue weighted by Crippen LogP contribution is 2.46. The van der Waals surface area contributed by atoms with Crippen molar-refractivity contribution in [3.05, 3.63) is 0 Å². The maximum absolute atomic E-state index is 11.6. The van der Waals surface area contributed by atoms with Crippen LogP contribution in [0, 0.1) is 0 Å². The molecular formula is C9H22O3PS-. The molecule has 0 aliphatic rings. The zero-order chi connectivity index (χ0) is 10.9. The van der Waals surface area contributed by atoms with Crippen LogP contribution < -0.4 is 4.89 Å². The first kappa shape index (κ1) is 16.9. The van der Waals surface area contributed by atoms with Crippen LogP contribution in [0.4, 0.5) is 0 Å². The van der Waals surface area contributed by atoms with Crippen LogP contribution in [0.1, 0.15) is 49.0 Å². The second kappa shape index (κ2) is 5.04. The van der Waals surface area contributed by atoms with E-state index in [1.54, 1.807) is 41.5 Å². The van der Waals surface area contributed by atoms with Crippen LogP contribution in [0.3, 0.4) is 0 Å². The quantitative estimate of drug-likeness (QED) is 0.697. The molecule has 0 bridgehead atoms. The topological polar surface area (TPSA) is 41.5 Å². The van der Waals surface area contributed by atoms with Gasteiger partial charge in [0.1, 0.15) is 6.72 Å². The van der Waals surface area contributed by atoms with Crippen molar-refractivity contribution in [2.75, 3.05) is 0 Å². The molecule has 88 valence electrons. The maximum Gasteiger partial charge on any atom is 0.116 e. The summed E-state index contributed by atoms with van der Waals surface area (Å²) in [6, 6.07) is 0. The average molecular weight is 241 g/mol. The Kier molecular flexibility index (Phi) is 6.10. The molecule has 0 saturated heterocycles. The minimum absolute atomic E-state index is 0. The summed E-state index contributed by atoms with van der Waals surface area (Å²) in [4.78, 5) is 11.6. The number of hydrogen-bond donors (Lipinski definition) is 0. The highest BCUT2D eigenvalue weighted by Gasteiger charge is 2.22. The van der Waals surface area contributed by atoms with Gasteiger partial charge in [-0.2, -0.15) is 0 Å². The van der Waals surface area contributed by atoms with Crippen LogP contribution in [-0.2, 0) is 20.9 Å². The van der Waals surface area contributed by atoms with Crippen LogP contribution >= 0.6 is 6.72 Å². The third kappa shape index (κ3) is 10.6. The molecule has 0 aromatic heterocycles. The monoisotopic (exact) mass is 241 g/mol. The molecule has 3 nitrogen and oxygen atoms in total. The Bertz CT molecular complexity index is 195. The lowest BCUT2D eigenvalue weighted by Crippen LogP contribution is -2.27. The van der Waals surface area contributed by atoms with Crippen molar-refractivity contribution in [3.63, 3.8) is 0 Å². The van der Waals surface area contributed by atoms with Gasteiger partial charge in [0.15, 0.2) is 0 Å². The van der Waals surface area contributed by atoms with E-state index in [1.807, 2.05) is 0 Å². The molecule has 0 amide bonds. The van der Waals surface area contributed by atoms with Crippen molar-refractivity contribution in [2.24, 2.45) is 0 Å². The summed E-state index contributed by atoms with van der Waals surface area (Å²) in [6.07, 6.45) is 0. The fourth-order valence-electron chi connectivity index (χ4n) is 0.689. The molecule has 0 aromatic rings. The van der Waals surface area contributed by atoms with Gasteiger partial charge < -0.3 is 13.9 Å². The highest BCUT2D eigenvalue weighted by molar-refractivity contribution is 8.06. The minimum Gasteiger partial charge on any atom is -0.780 e. The van der Waals surface area contributed by atoms with Crippen LogP contribution in [0.2, 0.25) is 0 Å². The van der Waals surface area contributed by atoms with Crippen molar-refractivity contribution in [3.8, 4) is 0 Å². The molecule has 0 atom stereocenters. The molecular weight excluding hydrogens is 219 g/mol. The Morgan fingerprint density at radius 2 is 1.14 bits per heavy atom. The summed E-state index contributed by atoms with van der Waals surface area (Å²) in [5, 5.41) is 0. The van der Waals surface area contributed by atoms with Gasteiger partial charge in [0.05, 0.1) is 11.2 Å². The average Bonchev–Trinajstić information content (AvgIpc) is 1.43. The van der Waals surface area contributed by atoms with Gasteiger partial charge >= 0.3 is 0 Å². The molecule has 0 unspecified atom stereocenters. The molecule has 14 heavy (non-hydrogen) atoms. The van der Waals surface area contributed by atoms with Crippen molar-refractivity contribution in [1.82, 2.24) is 0 Å². The molecule has 0 aromatic carbocycles. The molecule has 0 spiro atoms. The molecule has 0 fully saturated rings. The molecule has 0 heterocycles. The van der Waals surface area contributed by atoms with E-state index in [2.05, 4.69) is 0 Å². The zero-order valence-corrected chi connectivity index (χ0v) is 10.8. The van der Waals surface area contributed by atoms with E-state index in [9.17, 15) is 4.89 Å². The molecule has 0 rings (SSSR count). The van der Waals surface area contributed by atoms with Crippen molar-refractivity contribution in [2.45, 2.75) is 60.2 Å². The van der Waals surface area contributed by atoms with Gasteiger partial charge in [0.2, 0.25) is 0 Å². The Hall–Kier alpha value is 0.530. The lowest BCUT2D eigenvalue weighted by Gasteiger charge is -2.38. The number of rotatable bonds is 2. The van der Waals surface area contributed by atoms with Crippen LogP contribution in [0.25, 0.3) is 0 Å². The molecule has 5 heteroatoms. The maximum atomic E-state index is 11.6. The van der Waals surface area contributed by atoms with E-state index >= 15 is 0 Å². The molecule has 0 saturated carbocycles. The first-order valence-corrected chi connectivity index (χ1v) is 6.69. The first-order chi connectivity index (χ1) is 5.41. The summed E-state index contributed by atoms with van der Waals surface area (Å²) in [6.45, 7) is 7.39. The molecule has 0 N–H and O–H groups in total. The van der Waals surface area contributed by atoms with E-state index in [0.29, 0.717) is 0 Å². The van der Waals surface area contributed by atoms with Crippen molar-refractivity contribution >= 4 is 18.5 Å². The highest BCUT2D eigenvalue weighted by atomic mass is 32.5. The largest absolute Gasteiger partial charge is 0.780 e. The second-order valence-corrected chi connectivity index (χ2v) is 7.46. The second-order valence-electron chi connectivity index (χ2n) is 4.85. The fourth-order valence-corrected chi connectivity index (χ4v) is 3.41. The van der Waals surface area contributed by atoms with Crippen molar-refractivity contribution < 1.29 is 13.9 Å². The van der Waals surface area contributed by atoms with Crippen molar-refractivity contribution in [1.29, 1.82) is 0 Å². The normalized spacial score (nSPS) is 13.6. The van der Waals surface area contributed by atoms with Gasteiger partial charge in [-0.15, -0.1) is 0 Å². The van der Waals surface area contributed by atoms with Gasteiger partial charge in [-0.1, -0.05) is 19.2 Å². The Morgan fingerprint density at radius 3 is 1.29 bits per heavy atom. The van der Waals surface area contributed by atoms with Crippen LogP contribution in [0.5, 0.6) is 0 Å². The smallest absolute Gasteiger partial charge is 0.116 e. The lowest BCUT2D eigenvalue weighted by molar-refractivity contribution is -0.222. The molecule has 0 aliphatic carbocycles. The zero-order valence-electron chi connectivity index (χ0n) is 9.08. The first-order valence-electron chi connectivity index (χ1n) is 4.14. The molecule has 0 aliphatic heterocycles. The summed E-state index contributed by atoms with van der Waals surface area (Å²) in [7, 11) is 0. The third-order valence-electron chi connectivity index (χ3n) is 0.771. The summed E-state index contributed by atoms with van der Waals surface area (Å²) < 4.78 is 10.3. The fraction of sp³-hybridized carbons (Fsp3) is 1.00. The Labute approximate surface area is 93.1 Å². The summed E-state index contributed by atoms with van der Waals surface area (Å²) in [5.41, 5.74) is -1.08. The van der Waals surface area contributed by atoms with Gasteiger partial charge in [-0.25, -0.2) is 0 Å². The van der Waals surface area contributed by atoms with Gasteiger partial charge in [0.25, 0.3) is 0 Å². The predicted molar refractivity (Wildman–Crippen MR) is 62.7 cm³/mol. The Morgan fingerprint density at radius 1 is 0.929 bits per heavy atom. The van der Waals surface area contributed by atoms with Crippen LogP contribution in [0.15, 0.2) is 0 Å². The van der Waals surface area contributed by atoms with E-state index in [0.717, 1.165) is 0 Å². The number of hydrogen-bond acceptors (Lipinski definition) is 4. The lowest BCUT2D eigenvalue weighted by atomic mass is 10.2. The minimum atomic E-state index is -3.35. The Balaban J connectivity index is 0. The predicted octanol–water partition coefficient (Wildman–Crippen LogP) is 2.84. The standard InChI is InChI=1S/C8H19O3PS.CH4/c1-7(2,3)10-12(9,13)11-8(4,5)6;/h1-6H3,(H,9,13);1H4/p-1. The van der Waals surface area contributed by atoms with E-state index in [1.165, 1.54) is 0 Å². The van der Waals surface area contributed by atoms with E-state index in [-0.39, 0.29) is 7.43 Å². The van der Waals surface area contributed by atoms with Crippen LogP contribution in [-0.4, -0.2) is 11.2 Å². The van der Waals surface area contributed by atoms with E-state index in [4.69, 9.17) is 20.9 Å². The van der Waals surface area contributed by atoms with Gasteiger partial charge in [0, 0.05) is 0 Å². The third-order valence-corrected chi connectivity index (χ3v) is 2.76. The van der Waals surface area contributed by atoms with Gasteiger partial charge in [-0.05, 0) is 41.5 Å². The summed E-state index contributed by atoms with van der Waals surface area (Å²) in [5.74, 6) is 0. The van der Waals surface area contributed by atoms with Gasteiger partial charge in [-0.3, -0.25) is 0 Å². The SMILES string of the molecule is C.CC(C)(C)OP([O-])(=S)OC(C)(C)C.